The van der Waals surface area contributed by atoms with E-state index in [9.17, 15) is 8.42 Å². The van der Waals surface area contributed by atoms with Crippen LogP contribution < -0.4 is 4.90 Å². The number of nitriles is 1. The molecule has 0 saturated carbocycles. The van der Waals surface area contributed by atoms with Crippen LogP contribution in [0, 0.1) is 11.3 Å². The van der Waals surface area contributed by atoms with Crippen LogP contribution in [0.2, 0.25) is 5.02 Å². The summed E-state index contributed by atoms with van der Waals surface area (Å²) < 4.78 is 25.4. The van der Waals surface area contributed by atoms with E-state index in [0.717, 1.165) is 0 Å². The molecular formula is C17H16ClN3O2S. The number of anilines is 1. The minimum Gasteiger partial charge on any atom is -0.355 e. The molecule has 1 fully saturated rings. The van der Waals surface area contributed by atoms with Crippen molar-refractivity contribution >= 4 is 27.3 Å². The number of pyridine rings is 1. The first kappa shape index (κ1) is 16.7. The van der Waals surface area contributed by atoms with Crippen molar-refractivity contribution in [2.24, 2.45) is 0 Å². The number of piperidine rings is 1. The Kier molecular flexibility index (Phi) is 4.74. The zero-order chi connectivity index (χ0) is 17.2. The Morgan fingerprint density at radius 3 is 2.46 bits per heavy atom. The maximum absolute atomic E-state index is 12.7. The van der Waals surface area contributed by atoms with Gasteiger partial charge in [0.25, 0.3) is 0 Å². The van der Waals surface area contributed by atoms with E-state index in [0.29, 0.717) is 47.2 Å². The van der Waals surface area contributed by atoms with Crippen molar-refractivity contribution in [1.82, 2.24) is 4.98 Å². The predicted octanol–water partition coefficient (Wildman–Crippen LogP) is 3.05. The van der Waals surface area contributed by atoms with Gasteiger partial charge in [-0.05, 0) is 31.0 Å². The van der Waals surface area contributed by atoms with Crippen molar-refractivity contribution in [2.45, 2.75) is 23.0 Å². The van der Waals surface area contributed by atoms with Gasteiger partial charge in [-0.15, -0.1) is 0 Å². The molecule has 1 aromatic heterocycles. The fraction of sp³-hybridized carbons (Fsp3) is 0.294. The standard InChI is InChI=1S/C17H16ClN3O2S/c18-16-10-13(11-19)12-20-17(16)21-8-6-15(7-9-21)24(22,23)14-4-2-1-3-5-14/h1-5,10,12,15H,6-9H2. The summed E-state index contributed by atoms with van der Waals surface area (Å²) in [5.74, 6) is 0.603. The number of hydrogen-bond donors (Lipinski definition) is 0. The van der Waals surface area contributed by atoms with Gasteiger partial charge in [0.15, 0.2) is 9.84 Å². The number of halogens is 1. The highest BCUT2D eigenvalue weighted by atomic mass is 35.5. The van der Waals surface area contributed by atoms with Crippen molar-refractivity contribution in [3.05, 3.63) is 53.2 Å². The van der Waals surface area contributed by atoms with Crippen LogP contribution in [-0.4, -0.2) is 31.7 Å². The fourth-order valence-electron chi connectivity index (χ4n) is 2.91. The Morgan fingerprint density at radius 1 is 1.21 bits per heavy atom. The van der Waals surface area contributed by atoms with Crippen LogP contribution in [0.4, 0.5) is 5.82 Å². The van der Waals surface area contributed by atoms with E-state index < -0.39 is 15.1 Å². The summed E-state index contributed by atoms with van der Waals surface area (Å²) in [6.45, 7) is 1.13. The molecule has 0 radical (unpaired) electrons. The van der Waals surface area contributed by atoms with E-state index in [2.05, 4.69) is 4.98 Å². The minimum absolute atomic E-state index is 0.373. The second-order valence-corrected chi connectivity index (χ2v) is 8.32. The molecule has 2 aromatic rings. The van der Waals surface area contributed by atoms with Gasteiger partial charge in [-0.25, -0.2) is 13.4 Å². The van der Waals surface area contributed by atoms with Gasteiger partial charge >= 0.3 is 0 Å². The van der Waals surface area contributed by atoms with E-state index >= 15 is 0 Å². The number of hydrogen-bond acceptors (Lipinski definition) is 5. The van der Waals surface area contributed by atoms with Gasteiger partial charge in [-0.1, -0.05) is 29.8 Å². The molecule has 5 nitrogen and oxygen atoms in total. The van der Waals surface area contributed by atoms with Crippen molar-refractivity contribution in [1.29, 1.82) is 5.26 Å². The quantitative estimate of drug-likeness (QED) is 0.840. The summed E-state index contributed by atoms with van der Waals surface area (Å²) in [6, 6.07) is 12.1. The molecule has 1 aromatic carbocycles. The van der Waals surface area contributed by atoms with E-state index in [1.165, 1.54) is 6.20 Å². The van der Waals surface area contributed by atoms with E-state index in [1.807, 2.05) is 11.0 Å². The monoisotopic (exact) mass is 361 g/mol. The van der Waals surface area contributed by atoms with E-state index in [-0.39, 0.29) is 0 Å². The first-order chi connectivity index (χ1) is 11.5. The van der Waals surface area contributed by atoms with Gasteiger partial charge in [0.05, 0.1) is 20.7 Å². The third-order valence-corrected chi connectivity index (χ3v) is 6.76. The lowest BCUT2D eigenvalue weighted by Gasteiger charge is -2.33. The third kappa shape index (κ3) is 3.23. The van der Waals surface area contributed by atoms with Crippen LogP contribution in [0.1, 0.15) is 18.4 Å². The number of nitrogens with zero attached hydrogens (tertiary/aromatic N) is 3. The van der Waals surface area contributed by atoms with Gasteiger partial charge in [-0.3, -0.25) is 0 Å². The minimum atomic E-state index is -3.31. The molecule has 124 valence electrons. The van der Waals surface area contributed by atoms with Crippen LogP contribution >= 0.6 is 11.6 Å². The summed E-state index contributed by atoms with van der Waals surface area (Å²) in [7, 11) is -3.31. The molecule has 0 atom stereocenters. The summed E-state index contributed by atoms with van der Waals surface area (Å²) in [4.78, 5) is 6.59. The van der Waals surface area contributed by atoms with E-state index in [1.54, 1.807) is 36.4 Å². The molecule has 0 bridgehead atoms. The van der Waals surface area contributed by atoms with Crippen molar-refractivity contribution in [3.8, 4) is 6.07 Å². The Morgan fingerprint density at radius 2 is 1.88 bits per heavy atom. The topological polar surface area (TPSA) is 74.1 Å². The zero-order valence-corrected chi connectivity index (χ0v) is 14.5. The summed E-state index contributed by atoms with van der Waals surface area (Å²) >= 11 is 6.19. The molecule has 0 N–H and O–H groups in total. The summed E-state index contributed by atoms with van der Waals surface area (Å²) in [5.41, 5.74) is 0.408. The summed E-state index contributed by atoms with van der Waals surface area (Å²) in [5, 5.41) is 8.89. The average molecular weight is 362 g/mol. The highest BCUT2D eigenvalue weighted by molar-refractivity contribution is 7.92. The number of rotatable bonds is 3. The molecule has 1 saturated heterocycles. The van der Waals surface area contributed by atoms with Gasteiger partial charge < -0.3 is 4.90 Å². The van der Waals surface area contributed by atoms with Crippen molar-refractivity contribution in [3.63, 3.8) is 0 Å². The van der Waals surface area contributed by atoms with Gasteiger partial charge in [0.1, 0.15) is 11.9 Å². The first-order valence-electron chi connectivity index (χ1n) is 7.62. The molecular weight excluding hydrogens is 346 g/mol. The average Bonchev–Trinajstić information content (AvgIpc) is 2.62. The Labute approximate surface area is 146 Å². The molecule has 2 heterocycles. The lowest BCUT2D eigenvalue weighted by atomic mass is 10.1. The largest absolute Gasteiger partial charge is 0.355 e. The van der Waals surface area contributed by atoms with E-state index in [4.69, 9.17) is 16.9 Å². The second kappa shape index (κ2) is 6.80. The highest BCUT2D eigenvalue weighted by Crippen LogP contribution is 2.30. The van der Waals surface area contributed by atoms with Crippen LogP contribution in [0.15, 0.2) is 47.5 Å². The lowest BCUT2D eigenvalue weighted by Crippen LogP contribution is -2.39. The van der Waals surface area contributed by atoms with Crippen LogP contribution in [0.5, 0.6) is 0 Å². The normalized spacial score (nSPS) is 15.9. The van der Waals surface area contributed by atoms with Crippen LogP contribution in [0.3, 0.4) is 0 Å². The Bertz CT molecular complexity index is 870. The summed E-state index contributed by atoms with van der Waals surface area (Å²) in [6.07, 6.45) is 2.53. The third-order valence-electron chi connectivity index (χ3n) is 4.20. The maximum atomic E-state index is 12.7. The fourth-order valence-corrected chi connectivity index (χ4v) is 4.94. The number of sulfone groups is 1. The SMILES string of the molecule is N#Cc1cnc(N2CCC(S(=O)(=O)c3ccccc3)CC2)c(Cl)c1. The molecule has 0 unspecified atom stereocenters. The van der Waals surface area contributed by atoms with Crippen LogP contribution in [0.25, 0.3) is 0 Å². The van der Waals surface area contributed by atoms with Crippen LogP contribution in [-0.2, 0) is 9.84 Å². The maximum Gasteiger partial charge on any atom is 0.181 e. The molecule has 0 spiro atoms. The lowest BCUT2D eigenvalue weighted by molar-refractivity contribution is 0.528. The van der Waals surface area contributed by atoms with Gasteiger partial charge in [-0.2, -0.15) is 5.26 Å². The molecule has 24 heavy (non-hydrogen) atoms. The van der Waals surface area contributed by atoms with Gasteiger partial charge in [0, 0.05) is 19.3 Å². The Balaban J connectivity index is 1.74. The second-order valence-electron chi connectivity index (χ2n) is 5.69. The predicted molar refractivity (Wildman–Crippen MR) is 92.8 cm³/mol. The first-order valence-corrected chi connectivity index (χ1v) is 9.54. The molecule has 0 amide bonds. The molecule has 1 aliphatic heterocycles. The molecule has 1 aliphatic rings. The highest BCUT2D eigenvalue weighted by Gasteiger charge is 2.32. The molecule has 0 aliphatic carbocycles. The Hall–Kier alpha value is -2.10. The van der Waals surface area contributed by atoms with Gasteiger partial charge in [0.2, 0.25) is 0 Å². The van der Waals surface area contributed by atoms with Crippen molar-refractivity contribution in [2.75, 3.05) is 18.0 Å². The number of aromatic nitrogens is 1. The number of benzene rings is 1. The zero-order valence-electron chi connectivity index (χ0n) is 12.9. The van der Waals surface area contributed by atoms with Crippen molar-refractivity contribution < 1.29 is 8.42 Å². The smallest absolute Gasteiger partial charge is 0.181 e. The molecule has 3 rings (SSSR count). The molecule has 7 heteroatoms.